The van der Waals surface area contributed by atoms with Crippen LogP contribution in [0.4, 0.5) is 0 Å². The van der Waals surface area contributed by atoms with E-state index in [9.17, 15) is 24.0 Å². The Morgan fingerprint density at radius 1 is 0.946 bits per heavy atom. The molecule has 2 heterocycles. The van der Waals surface area contributed by atoms with E-state index in [2.05, 4.69) is 4.74 Å². The molecule has 2 saturated heterocycles. The van der Waals surface area contributed by atoms with Crippen molar-refractivity contribution in [3.05, 3.63) is 70.1 Å². The summed E-state index contributed by atoms with van der Waals surface area (Å²) in [4.78, 5) is 56.5. The highest BCUT2D eigenvalue weighted by molar-refractivity contribution is 8.26. The number of carboxylic acids is 1. The van der Waals surface area contributed by atoms with Crippen LogP contribution in [0.1, 0.15) is 26.3 Å². The van der Waals surface area contributed by atoms with E-state index in [1.807, 2.05) is 0 Å². The van der Waals surface area contributed by atoms with Crippen molar-refractivity contribution in [2.45, 2.75) is 0 Å². The summed E-state index contributed by atoms with van der Waals surface area (Å²) >= 11 is 12.5. The maximum Gasteiger partial charge on any atom is 0.335 e. The van der Waals surface area contributed by atoms with Gasteiger partial charge in [0, 0.05) is 19.7 Å². The lowest BCUT2D eigenvalue weighted by atomic mass is 10.1. The summed E-state index contributed by atoms with van der Waals surface area (Å²) in [6.07, 6.45) is 2.43. The van der Waals surface area contributed by atoms with Gasteiger partial charge in [0.2, 0.25) is 5.91 Å². The zero-order chi connectivity index (χ0) is 27.5. The van der Waals surface area contributed by atoms with Crippen LogP contribution in [0, 0.1) is 0 Å². The van der Waals surface area contributed by atoms with Gasteiger partial charge >= 0.3 is 5.97 Å². The van der Waals surface area contributed by atoms with E-state index in [4.69, 9.17) is 29.5 Å². The van der Waals surface area contributed by atoms with Gasteiger partial charge in [0.25, 0.3) is 12.4 Å². The Morgan fingerprint density at radius 3 is 1.92 bits per heavy atom. The van der Waals surface area contributed by atoms with Crippen LogP contribution in [0.15, 0.2) is 53.4 Å². The van der Waals surface area contributed by atoms with Crippen molar-refractivity contribution < 1.29 is 33.8 Å². The third-order valence-corrected chi connectivity index (χ3v) is 7.63. The Labute approximate surface area is 231 Å². The van der Waals surface area contributed by atoms with Crippen LogP contribution in [0.3, 0.4) is 0 Å². The molecule has 0 radical (unpaired) electrons. The number of amides is 2. The lowest BCUT2D eigenvalue weighted by molar-refractivity contribution is -0.123. The van der Waals surface area contributed by atoms with Crippen LogP contribution < -0.4 is 4.74 Å². The van der Waals surface area contributed by atoms with Crippen LogP contribution in [-0.4, -0.2) is 73.9 Å². The van der Waals surface area contributed by atoms with E-state index in [0.29, 0.717) is 37.1 Å². The van der Waals surface area contributed by atoms with Gasteiger partial charge in [0.05, 0.1) is 16.2 Å². The molecule has 2 aliphatic heterocycles. The normalized spacial score (nSPS) is 15.6. The molecule has 0 aliphatic carbocycles. The number of rotatable bonds is 5. The van der Waals surface area contributed by atoms with Crippen LogP contribution in [-0.2, 0) is 14.4 Å². The van der Waals surface area contributed by atoms with Gasteiger partial charge in [-0.2, -0.15) is 0 Å². The highest BCUT2D eigenvalue weighted by Gasteiger charge is 2.28. The number of ether oxygens (including phenoxy) is 1. The van der Waals surface area contributed by atoms with Gasteiger partial charge in [-0.15, -0.1) is 0 Å². The number of nitrogens with zero attached hydrogens (tertiary/aromatic N) is 2. The van der Waals surface area contributed by atoms with E-state index >= 15 is 0 Å². The number of thioether (sulfide) groups is 2. The average Bonchev–Trinajstić information content (AvgIpc) is 3.32. The Bertz CT molecular complexity index is 1230. The molecular formula is C24H20N2O7S4. The van der Waals surface area contributed by atoms with E-state index in [-0.39, 0.29) is 17.4 Å². The molecule has 2 fully saturated rings. The Morgan fingerprint density at radius 2 is 1.54 bits per heavy atom. The van der Waals surface area contributed by atoms with Crippen LogP contribution in [0.25, 0.3) is 6.08 Å². The number of carboxylic acid groups (broad SMARTS) is 1. The minimum Gasteiger partial charge on any atom is -0.478 e. The van der Waals surface area contributed by atoms with Crippen molar-refractivity contribution in [1.29, 1.82) is 0 Å². The zero-order valence-corrected chi connectivity index (χ0v) is 22.7. The predicted octanol–water partition coefficient (Wildman–Crippen LogP) is 3.73. The second kappa shape index (κ2) is 14.4. The number of hydrogen-bond acceptors (Lipinski definition) is 10. The fourth-order valence-electron chi connectivity index (χ4n) is 2.52. The molecule has 2 aliphatic rings. The molecule has 2 aromatic carbocycles. The molecule has 2 amide bonds. The van der Waals surface area contributed by atoms with E-state index in [1.54, 1.807) is 56.6 Å². The average molecular weight is 577 g/mol. The molecule has 1 N–H and O–H groups in total. The van der Waals surface area contributed by atoms with Crippen LogP contribution in [0.5, 0.6) is 5.75 Å². The SMILES string of the molecule is CN1C(=O)/C(=C/c2ccc(C(=O)O)cc2)SC1=S.CN1C(=O)CSC1=S.O=COc1ccc(C=O)cc1. The number of likely N-dealkylation sites (N-methyl/N-ethyl adjacent to an activating group) is 1. The minimum absolute atomic E-state index is 0.111. The number of hydrogen-bond donors (Lipinski definition) is 1. The summed E-state index contributed by atoms with van der Waals surface area (Å²) < 4.78 is 5.72. The maximum atomic E-state index is 11.8. The molecule has 192 valence electrons. The van der Waals surface area contributed by atoms with E-state index in [1.165, 1.54) is 45.5 Å². The van der Waals surface area contributed by atoms with Gasteiger partial charge in [-0.1, -0.05) is 60.1 Å². The summed E-state index contributed by atoms with van der Waals surface area (Å²) in [7, 11) is 3.33. The first kappa shape index (κ1) is 29.8. The Balaban J connectivity index is 0.000000215. The third kappa shape index (κ3) is 8.89. The lowest BCUT2D eigenvalue weighted by Gasteiger charge is -2.03. The molecule has 4 rings (SSSR count). The topological polar surface area (TPSA) is 121 Å². The smallest absolute Gasteiger partial charge is 0.335 e. The molecule has 2 aromatic rings. The lowest BCUT2D eigenvalue weighted by Crippen LogP contribution is -2.22. The van der Waals surface area contributed by atoms with Gasteiger partial charge < -0.3 is 14.7 Å². The molecule has 13 heteroatoms. The molecule has 0 saturated carbocycles. The minimum atomic E-state index is -0.971. The van der Waals surface area contributed by atoms with Gasteiger partial charge in [-0.05, 0) is 48.0 Å². The highest BCUT2D eigenvalue weighted by atomic mass is 32.2. The fraction of sp³-hybridized carbons (Fsp3) is 0.125. The first-order valence-corrected chi connectivity index (χ1v) is 12.8. The first-order valence-electron chi connectivity index (χ1n) is 10.2. The van der Waals surface area contributed by atoms with Crippen LogP contribution in [0.2, 0.25) is 0 Å². The molecule has 0 aromatic heterocycles. The fourth-order valence-corrected chi connectivity index (χ4v) is 4.71. The van der Waals surface area contributed by atoms with Gasteiger partial charge in [-0.3, -0.25) is 24.1 Å². The molecule has 0 spiro atoms. The summed E-state index contributed by atoms with van der Waals surface area (Å²) in [5.41, 5.74) is 1.55. The molecule has 37 heavy (non-hydrogen) atoms. The first-order chi connectivity index (χ1) is 17.6. The Hall–Kier alpha value is -3.39. The van der Waals surface area contributed by atoms with Crippen molar-refractivity contribution in [1.82, 2.24) is 9.80 Å². The number of thiocarbonyl (C=S) groups is 2. The van der Waals surface area contributed by atoms with Crippen molar-refractivity contribution in [3.8, 4) is 5.75 Å². The van der Waals surface area contributed by atoms with Crippen molar-refractivity contribution in [3.63, 3.8) is 0 Å². The van der Waals surface area contributed by atoms with Crippen molar-refractivity contribution in [2.75, 3.05) is 19.8 Å². The van der Waals surface area contributed by atoms with Crippen LogP contribution >= 0.6 is 48.0 Å². The van der Waals surface area contributed by atoms with E-state index < -0.39 is 5.97 Å². The standard InChI is InChI=1S/C12H9NO3S2.C8H6O3.C4H5NOS2/c1-13-10(14)9(18-12(13)17)6-7-2-4-8(5-3-7)11(15)16;9-5-7-1-3-8(4-2-7)11-6-10;1-5-3(6)2-8-4(5)7/h2-6H,1H3,(H,15,16);1-6H;2H2,1H3/b9-6-;;. The molecular weight excluding hydrogens is 557 g/mol. The van der Waals surface area contributed by atoms with Crippen molar-refractivity contribution >= 4 is 93.2 Å². The largest absolute Gasteiger partial charge is 0.478 e. The maximum absolute atomic E-state index is 11.8. The molecule has 0 atom stereocenters. The quantitative estimate of drug-likeness (QED) is 0.318. The summed E-state index contributed by atoms with van der Waals surface area (Å²) in [5, 5.41) is 8.77. The number of aldehydes is 1. The van der Waals surface area contributed by atoms with E-state index in [0.717, 1.165) is 11.8 Å². The number of benzene rings is 2. The summed E-state index contributed by atoms with van der Waals surface area (Å²) in [6.45, 7) is 0.343. The second-order valence-electron chi connectivity index (χ2n) is 7.08. The number of carbonyl (C=O) groups excluding carboxylic acids is 4. The molecule has 0 bridgehead atoms. The monoisotopic (exact) mass is 576 g/mol. The van der Waals surface area contributed by atoms with Gasteiger partial charge in [0.15, 0.2) is 0 Å². The summed E-state index contributed by atoms with van der Waals surface area (Å²) in [6, 6.07) is 12.6. The van der Waals surface area contributed by atoms with Crippen molar-refractivity contribution in [2.24, 2.45) is 0 Å². The van der Waals surface area contributed by atoms with Gasteiger partial charge in [-0.25, -0.2) is 4.79 Å². The predicted molar refractivity (Wildman–Crippen MR) is 151 cm³/mol. The highest BCUT2D eigenvalue weighted by Crippen LogP contribution is 2.31. The molecule has 9 nitrogen and oxygen atoms in total. The number of carbonyl (C=O) groups is 5. The number of aromatic carboxylic acids is 1. The summed E-state index contributed by atoms with van der Waals surface area (Å²) in [5.74, 6) is -0.0330. The Kier molecular flexibility index (Phi) is 11.6. The van der Waals surface area contributed by atoms with Gasteiger partial charge in [0.1, 0.15) is 20.7 Å². The molecule has 0 unspecified atom stereocenters. The zero-order valence-electron chi connectivity index (χ0n) is 19.5. The second-order valence-corrected chi connectivity index (χ2v) is 10.4. The third-order valence-electron chi connectivity index (χ3n) is 4.61.